The number of nitrogens with zero attached hydrogens (tertiary/aromatic N) is 7. The van der Waals surface area contributed by atoms with Crippen molar-refractivity contribution in [1.82, 2.24) is 34.4 Å². The number of benzene rings is 2. The molecule has 0 radical (unpaired) electrons. The molecule has 3 aromatic heterocycles. The highest BCUT2D eigenvalue weighted by atomic mass is 19.3. The molecule has 8 rings (SSSR count). The molecule has 0 saturated heterocycles. The number of halogens is 2. The minimum Gasteiger partial charge on any atom is -0.494 e. The van der Waals surface area contributed by atoms with E-state index in [0.717, 1.165) is 12.8 Å². The molecule has 15 heteroatoms. The zero-order valence-electron chi connectivity index (χ0n) is 28.0. The molecule has 2 aromatic carbocycles. The van der Waals surface area contributed by atoms with Gasteiger partial charge in [0, 0.05) is 56.5 Å². The van der Waals surface area contributed by atoms with Gasteiger partial charge in [-0.2, -0.15) is 4.98 Å². The Morgan fingerprint density at radius 1 is 1.06 bits per heavy atom. The number of imidazole rings is 1. The molecule has 3 aliphatic rings. The predicted molar refractivity (Wildman–Crippen MR) is 182 cm³/mol. The standard InChI is InChI=1S/C36H33F2N9O4/c1-45(2)33(50)27-9-4-6-22(40-27)17-46-19-35(18-36(35,37)38)25-16-21(12-13-24(25)32(46)49)23-7-5-8-26(28(23)51-3)41-29-30-39-14-15-47(30)44-34(42-29)43-31(48)20-10-11-20/h4-9,12-16,20H,10-11,17-19H2,1-3H3,(H2,41,42,43,44,48). The first-order valence-corrected chi connectivity index (χ1v) is 16.4. The molecule has 3 amide bonds. The summed E-state index contributed by atoms with van der Waals surface area (Å²) in [5, 5.41) is 10.4. The second-order valence-electron chi connectivity index (χ2n) is 13.4. The van der Waals surface area contributed by atoms with Crippen molar-refractivity contribution in [2.45, 2.75) is 37.1 Å². The van der Waals surface area contributed by atoms with Gasteiger partial charge in [0.2, 0.25) is 11.9 Å². The molecule has 260 valence electrons. The van der Waals surface area contributed by atoms with Crippen LogP contribution in [0.2, 0.25) is 0 Å². The third-order valence-corrected chi connectivity index (χ3v) is 9.62. The lowest BCUT2D eigenvalue weighted by molar-refractivity contribution is -0.117. The van der Waals surface area contributed by atoms with Crippen LogP contribution in [0.15, 0.2) is 67.0 Å². The van der Waals surface area contributed by atoms with Gasteiger partial charge in [-0.25, -0.2) is 23.3 Å². The number of carbonyl (C=O) groups is 3. The van der Waals surface area contributed by atoms with E-state index in [2.05, 4.69) is 30.7 Å². The van der Waals surface area contributed by atoms with Crippen LogP contribution in [0.4, 0.5) is 26.2 Å². The minimum atomic E-state index is -3.03. The van der Waals surface area contributed by atoms with Crippen molar-refractivity contribution < 1.29 is 27.9 Å². The number of hydrogen-bond donors (Lipinski definition) is 2. The number of ether oxygens (including phenoxy) is 1. The summed E-state index contributed by atoms with van der Waals surface area (Å²) in [5.41, 5.74) is 1.64. The first-order valence-electron chi connectivity index (χ1n) is 16.4. The number of para-hydroxylation sites is 1. The summed E-state index contributed by atoms with van der Waals surface area (Å²) >= 11 is 0. The number of pyridine rings is 1. The summed E-state index contributed by atoms with van der Waals surface area (Å²) in [6.07, 6.45) is 4.46. The van der Waals surface area contributed by atoms with Gasteiger partial charge in [0.1, 0.15) is 11.4 Å². The number of rotatable bonds is 9. The maximum atomic E-state index is 15.4. The van der Waals surface area contributed by atoms with Crippen LogP contribution < -0.4 is 15.4 Å². The topological polar surface area (TPSA) is 147 Å². The molecule has 1 aliphatic heterocycles. The van der Waals surface area contributed by atoms with Crippen LogP contribution in [-0.2, 0) is 16.8 Å². The molecule has 1 unspecified atom stereocenters. The van der Waals surface area contributed by atoms with Gasteiger partial charge in [-0.1, -0.05) is 24.3 Å². The molecule has 2 fully saturated rings. The zero-order chi connectivity index (χ0) is 35.7. The summed E-state index contributed by atoms with van der Waals surface area (Å²) in [4.78, 5) is 54.8. The highest BCUT2D eigenvalue weighted by Gasteiger charge is 2.74. The molecule has 5 aromatic rings. The largest absolute Gasteiger partial charge is 0.494 e. The van der Waals surface area contributed by atoms with E-state index in [1.807, 2.05) is 0 Å². The van der Waals surface area contributed by atoms with Crippen molar-refractivity contribution >= 4 is 40.8 Å². The van der Waals surface area contributed by atoms with Crippen molar-refractivity contribution in [2.24, 2.45) is 5.92 Å². The molecular weight excluding hydrogens is 660 g/mol. The molecule has 2 saturated carbocycles. The van der Waals surface area contributed by atoms with Gasteiger partial charge < -0.3 is 19.9 Å². The lowest BCUT2D eigenvalue weighted by Crippen LogP contribution is -2.45. The molecular formula is C36H33F2N9O4. The van der Waals surface area contributed by atoms with Crippen molar-refractivity contribution in [3.05, 3.63) is 89.5 Å². The number of hydrogen-bond acceptors (Lipinski definition) is 9. The number of carbonyl (C=O) groups excluding carboxylic acids is 3. The Hall–Kier alpha value is -5.99. The Kier molecular flexibility index (Phi) is 7.47. The smallest absolute Gasteiger partial charge is 0.271 e. The second kappa shape index (κ2) is 11.8. The summed E-state index contributed by atoms with van der Waals surface area (Å²) in [6, 6.07) is 15.2. The van der Waals surface area contributed by atoms with Crippen molar-refractivity contribution in [2.75, 3.05) is 38.4 Å². The quantitative estimate of drug-likeness (QED) is 0.220. The number of alkyl halides is 2. The van der Waals surface area contributed by atoms with E-state index >= 15 is 8.78 Å². The van der Waals surface area contributed by atoms with Crippen LogP contribution in [0.5, 0.6) is 5.75 Å². The lowest BCUT2D eigenvalue weighted by Gasteiger charge is -2.35. The van der Waals surface area contributed by atoms with Crippen molar-refractivity contribution in [3.8, 4) is 16.9 Å². The van der Waals surface area contributed by atoms with E-state index in [4.69, 9.17) is 4.74 Å². The fourth-order valence-electron chi connectivity index (χ4n) is 6.72. The normalized spacial score (nSPS) is 18.8. The van der Waals surface area contributed by atoms with Gasteiger partial charge in [-0.05, 0) is 54.3 Å². The van der Waals surface area contributed by atoms with E-state index in [1.54, 1.807) is 81.1 Å². The SMILES string of the molecule is COc1c(Nc2nc(NC(=O)C3CC3)nn3ccnc23)cccc1-c1ccc2c(c1)C1(CN(Cc3cccc(C(=O)N(C)C)n3)C2=O)CC1(F)F. The molecule has 0 bridgehead atoms. The fourth-order valence-corrected chi connectivity index (χ4v) is 6.72. The van der Waals surface area contributed by atoms with Crippen LogP contribution >= 0.6 is 0 Å². The average Bonchev–Trinajstić information content (AvgIpc) is 4.00. The molecule has 1 spiro atoms. The molecule has 2 N–H and O–H groups in total. The van der Waals surface area contributed by atoms with Gasteiger partial charge in [0.05, 0.1) is 30.5 Å². The highest BCUT2D eigenvalue weighted by molar-refractivity contribution is 5.99. The number of methoxy groups -OCH3 is 1. The lowest BCUT2D eigenvalue weighted by atomic mass is 9.83. The second-order valence-corrected chi connectivity index (χ2v) is 13.4. The predicted octanol–water partition coefficient (Wildman–Crippen LogP) is 4.92. The third kappa shape index (κ3) is 5.58. The molecule has 1 atom stereocenters. The summed E-state index contributed by atoms with van der Waals surface area (Å²) < 4.78 is 38.2. The maximum Gasteiger partial charge on any atom is 0.271 e. The third-order valence-electron chi connectivity index (χ3n) is 9.62. The molecule has 4 heterocycles. The number of amides is 3. The van der Waals surface area contributed by atoms with Crippen molar-refractivity contribution in [3.63, 3.8) is 0 Å². The number of fused-ring (bicyclic) bond motifs is 3. The monoisotopic (exact) mass is 693 g/mol. The Bertz CT molecular complexity index is 2250. The maximum absolute atomic E-state index is 15.4. The zero-order valence-corrected chi connectivity index (χ0v) is 28.0. The molecule has 2 aliphatic carbocycles. The van der Waals surface area contributed by atoms with Crippen LogP contribution in [0.1, 0.15) is 51.4 Å². The average molecular weight is 694 g/mol. The number of aromatic nitrogens is 5. The Labute approximate surface area is 290 Å². The van der Waals surface area contributed by atoms with E-state index < -0.39 is 23.7 Å². The summed E-state index contributed by atoms with van der Waals surface area (Å²) in [5.74, 6) is -3.07. The first kappa shape index (κ1) is 32.2. The molecule has 13 nitrogen and oxygen atoms in total. The van der Waals surface area contributed by atoms with E-state index in [0.29, 0.717) is 39.7 Å². The van der Waals surface area contributed by atoms with Crippen LogP contribution in [0.3, 0.4) is 0 Å². The van der Waals surface area contributed by atoms with E-state index in [1.165, 1.54) is 21.4 Å². The summed E-state index contributed by atoms with van der Waals surface area (Å²) in [7, 11) is 4.73. The van der Waals surface area contributed by atoms with Crippen LogP contribution in [0.25, 0.3) is 16.8 Å². The first-order chi connectivity index (χ1) is 24.5. The molecule has 51 heavy (non-hydrogen) atoms. The van der Waals surface area contributed by atoms with Gasteiger partial charge in [-0.15, -0.1) is 5.10 Å². The van der Waals surface area contributed by atoms with Crippen LogP contribution in [0, 0.1) is 5.92 Å². The van der Waals surface area contributed by atoms with Gasteiger partial charge in [0.25, 0.3) is 17.7 Å². The van der Waals surface area contributed by atoms with Crippen molar-refractivity contribution in [1.29, 1.82) is 0 Å². The minimum absolute atomic E-state index is 0.0211. The Morgan fingerprint density at radius 3 is 2.57 bits per heavy atom. The number of nitrogens with one attached hydrogen (secondary N) is 2. The van der Waals surface area contributed by atoms with Gasteiger partial charge in [-0.3, -0.25) is 19.7 Å². The highest BCUT2D eigenvalue weighted by Crippen LogP contribution is 2.64. The summed E-state index contributed by atoms with van der Waals surface area (Å²) in [6.45, 7) is -0.220. The fraction of sp³-hybridized carbons (Fsp3) is 0.306. The Morgan fingerprint density at radius 2 is 1.84 bits per heavy atom. The van der Waals surface area contributed by atoms with Gasteiger partial charge >= 0.3 is 0 Å². The number of anilines is 3. The van der Waals surface area contributed by atoms with Crippen LogP contribution in [-0.4, -0.2) is 85.8 Å². The van der Waals surface area contributed by atoms with E-state index in [9.17, 15) is 14.4 Å². The van der Waals surface area contributed by atoms with Gasteiger partial charge in [0.15, 0.2) is 11.5 Å². The van der Waals surface area contributed by atoms with E-state index in [-0.39, 0.29) is 53.6 Å². The Balaban J connectivity index is 1.12.